The number of methoxy groups -OCH3 is 1. The maximum Gasteiger partial charge on any atom is 0.250 e. The molecule has 0 aliphatic rings. The minimum Gasteiger partial charge on any atom is -0.479 e. The lowest BCUT2D eigenvalue weighted by Crippen LogP contribution is -1.99. The van der Waals surface area contributed by atoms with Crippen molar-refractivity contribution in [2.75, 3.05) is 7.11 Å². The van der Waals surface area contributed by atoms with Crippen molar-refractivity contribution in [2.45, 2.75) is 6.54 Å². The van der Waals surface area contributed by atoms with Gasteiger partial charge in [0, 0.05) is 12.7 Å². The Balaban J connectivity index is 0.000000204. The van der Waals surface area contributed by atoms with Gasteiger partial charge < -0.3 is 10.5 Å². The van der Waals surface area contributed by atoms with Gasteiger partial charge in [-0.2, -0.15) is 0 Å². The Bertz CT molecular complexity index is 595. The van der Waals surface area contributed by atoms with Gasteiger partial charge in [-0.15, -0.1) is 0 Å². The molecule has 108 valence electrons. The number of rotatable bonds is 3. The monoisotopic (exact) mass is 337 g/mol. The molecule has 0 radical (unpaired) electrons. The predicted octanol–water partition coefficient (Wildman–Crippen LogP) is 2.95. The zero-order valence-corrected chi connectivity index (χ0v) is 12.6. The maximum atomic E-state index is 12.8. The molecule has 9 heteroatoms. The van der Waals surface area contributed by atoms with Crippen LogP contribution in [-0.4, -0.2) is 23.4 Å². The predicted molar refractivity (Wildman–Crippen MR) is 76.2 cm³/mol. The van der Waals surface area contributed by atoms with Gasteiger partial charge in [-0.05, 0) is 11.6 Å². The Morgan fingerprint density at radius 1 is 1.55 bits per heavy atom. The van der Waals surface area contributed by atoms with Crippen molar-refractivity contribution < 1.29 is 13.9 Å². The van der Waals surface area contributed by atoms with E-state index in [2.05, 4.69) is 14.7 Å². The van der Waals surface area contributed by atoms with Crippen molar-refractivity contribution in [3.05, 3.63) is 38.1 Å². The number of nitrogens with two attached hydrogens (primary N) is 1. The van der Waals surface area contributed by atoms with Crippen LogP contribution in [0.15, 0.2) is 12.3 Å². The second-order valence-electron chi connectivity index (χ2n) is 3.28. The highest BCUT2D eigenvalue weighted by molar-refractivity contribution is 7.17. The molecule has 2 heterocycles. The molecule has 0 aliphatic carbocycles. The van der Waals surface area contributed by atoms with Crippen LogP contribution in [0.25, 0.3) is 0 Å². The van der Waals surface area contributed by atoms with Crippen molar-refractivity contribution in [1.29, 1.82) is 0 Å². The number of nitrogens with zero attached hydrogens (tertiary/aromatic N) is 2. The molecule has 0 saturated carbocycles. The lowest BCUT2D eigenvalue weighted by Gasteiger charge is -2.00. The highest BCUT2D eigenvalue weighted by Gasteiger charge is 2.04. The first-order valence-corrected chi connectivity index (χ1v) is 6.74. The van der Waals surface area contributed by atoms with Gasteiger partial charge in [0.2, 0.25) is 5.88 Å². The molecule has 0 saturated heterocycles. The zero-order valence-electron chi connectivity index (χ0n) is 10.3. The summed E-state index contributed by atoms with van der Waals surface area (Å²) < 4.78 is 17.7. The summed E-state index contributed by atoms with van der Waals surface area (Å²) in [4.78, 5) is 17.7. The molecule has 0 amide bonds. The molecule has 2 rings (SSSR count). The molecule has 0 aromatic carbocycles. The van der Waals surface area contributed by atoms with Gasteiger partial charge in [-0.3, -0.25) is 4.79 Å². The van der Waals surface area contributed by atoms with Crippen LogP contribution < -0.4 is 10.5 Å². The lowest BCUT2D eigenvalue weighted by molar-refractivity contribution is 0.112. The summed E-state index contributed by atoms with van der Waals surface area (Å²) in [7, 11) is 1.37. The van der Waals surface area contributed by atoms with Crippen molar-refractivity contribution >= 4 is 40.8 Å². The van der Waals surface area contributed by atoms with E-state index < -0.39 is 5.82 Å². The first kappa shape index (κ1) is 16.8. The van der Waals surface area contributed by atoms with E-state index in [0.29, 0.717) is 21.2 Å². The van der Waals surface area contributed by atoms with E-state index in [1.807, 2.05) is 0 Å². The fourth-order valence-corrected chi connectivity index (χ4v) is 2.26. The summed E-state index contributed by atoms with van der Waals surface area (Å²) in [5.74, 6) is -0.474. The van der Waals surface area contributed by atoms with E-state index in [4.69, 9.17) is 28.9 Å². The standard InChI is InChI=1S/C7H9FN2O.C4HCl2NOS/c1-11-7-6(8)2-5(3-9)4-10-7;5-3-2(1-8)9-4(6)7-3/h2,4H,3,9H2,1H3;1H. The van der Waals surface area contributed by atoms with Crippen molar-refractivity contribution in [1.82, 2.24) is 9.97 Å². The third-order valence-electron chi connectivity index (χ3n) is 1.98. The third-order valence-corrected chi connectivity index (χ3v) is 3.47. The number of thiazole rings is 1. The molecule has 5 nitrogen and oxygen atoms in total. The largest absolute Gasteiger partial charge is 0.479 e. The van der Waals surface area contributed by atoms with Crippen molar-refractivity contribution in [3.8, 4) is 5.88 Å². The molecule has 2 aromatic heterocycles. The summed E-state index contributed by atoms with van der Waals surface area (Å²) in [5, 5.41) is 0.181. The molecular weight excluding hydrogens is 328 g/mol. The van der Waals surface area contributed by atoms with Crippen molar-refractivity contribution in [3.63, 3.8) is 0 Å². The number of carbonyl (C=O) groups excluding carboxylic acids is 1. The molecule has 0 aliphatic heterocycles. The molecule has 2 N–H and O–H groups in total. The summed E-state index contributed by atoms with van der Waals surface area (Å²) in [5.41, 5.74) is 5.92. The Hall–Kier alpha value is -1.28. The lowest BCUT2D eigenvalue weighted by atomic mass is 10.3. The van der Waals surface area contributed by atoms with Crippen LogP contribution in [0.4, 0.5) is 4.39 Å². The molecule has 0 atom stereocenters. The second-order valence-corrected chi connectivity index (χ2v) is 5.25. The summed E-state index contributed by atoms with van der Waals surface area (Å²) in [6, 6.07) is 1.31. The van der Waals surface area contributed by atoms with Crippen LogP contribution in [0.3, 0.4) is 0 Å². The highest BCUT2D eigenvalue weighted by Crippen LogP contribution is 2.24. The molecule has 20 heavy (non-hydrogen) atoms. The quantitative estimate of drug-likeness (QED) is 0.871. The fraction of sp³-hybridized carbons (Fsp3) is 0.182. The van der Waals surface area contributed by atoms with Crippen LogP contribution in [0.5, 0.6) is 5.88 Å². The molecule has 0 unspecified atom stereocenters. The SMILES string of the molecule is COc1ncc(CN)cc1F.O=Cc1sc(Cl)nc1Cl. The first-order chi connectivity index (χ1) is 9.51. The normalized spacial score (nSPS) is 9.65. The van der Waals surface area contributed by atoms with E-state index in [9.17, 15) is 9.18 Å². The molecule has 0 fully saturated rings. The van der Waals surface area contributed by atoms with Gasteiger partial charge in [0.1, 0.15) is 4.88 Å². The fourth-order valence-electron chi connectivity index (χ4n) is 1.09. The number of aldehydes is 1. The second kappa shape index (κ2) is 8.11. The smallest absolute Gasteiger partial charge is 0.250 e. The summed E-state index contributed by atoms with van der Waals surface area (Å²) in [6.07, 6.45) is 2.12. The van der Waals surface area contributed by atoms with E-state index >= 15 is 0 Å². The Kier molecular flexibility index (Phi) is 6.80. The van der Waals surface area contributed by atoms with Gasteiger partial charge in [-0.1, -0.05) is 34.5 Å². The molecular formula is C11H10Cl2FN3O2S. The van der Waals surface area contributed by atoms with Crippen molar-refractivity contribution in [2.24, 2.45) is 5.73 Å². The molecule has 0 spiro atoms. The number of carbonyl (C=O) groups is 1. The molecule has 0 bridgehead atoms. The zero-order chi connectivity index (χ0) is 15.1. The van der Waals surface area contributed by atoms with Crippen LogP contribution >= 0.6 is 34.5 Å². The van der Waals surface area contributed by atoms with Gasteiger partial charge >= 0.3 is 0 Å². The maximum absolute atomic E-state index is 12.8. The Morgan fingerprint density at radius 3 is 2.60 bits per heavy atom. The summed E-state index contributed by atoms with van der Waals surface area (Å²) >= 11 is 11.9. The number of halogens is 3. The third kappa shape index (κ3) is 4.68. The summed E-state index contributed by atoms with van der Waals surface area (Å²) in [6.45, 7) is 0.286. The average molecular weight is 338 g/mol. The van der Waals surface area contributed by atoms with Gasteiger partial charge in [-0.25, -0.2) is 14.4 Å². The van der Waals surface area contributed by atoms with Crippen LogP contribution in [0.1, 0.15) is 15.2 Å². The Labute approximate surface area is 128 Å². The van der Waals surface area contributed by atoms with E-state index in [0.717, 1.165) is 11.3 Å². The van der Waals surface area contributed by atoms with Crippen LogP contribution in [0.2, 0.25) is 9.62 Å². The average Bonchev–Trinajstić information content (AvgIpc) is 2.77. The number of hydrogen-bond acceptors (Lipinski definition) is 6. The first-order valence-electron chi connectivity index (χ1n) is 5.17. The number of ether oxygens (including phenoxy) is 1. The highest BCUT2D eigenvalue weighted by atomic mass is 35.5. The van der Waals surface area contributed by atoms with E-state index in [-0.39, 0.29) is 17.6 Å². The van der Waals surface area contributed by atoms with Gasteiger partial charge in [0.25, 0.3) is 0 Å². The number of hydrogen-bond donors (Lipinski definition) is 1. The van der Waals surface area contributed by atoms with E-state index in [1.54, 1.807) is 0 Å². The van der Waals surface area contributed by atoms with E-state index in [1.165, 1.54) is 19.4 Å². The Morgan fingerprint density at radius 2 is 2.25 bits per heavy atom. The van der Waals surface area contributed by atoms with Gasteiger partial charge in [0.05, 0.1) is 7.11 Å². The van der Waals surface area contributed by atoms with Crippen LogP contribution in [0, 0.1) is 5.82 Å². The minimum absolute atomic E-state index is 0.00204. The minimum atomic E-state index is -0.476. The topological polar surface area (TPSA) is 78.1 Å². The number of aromatic nitrogens is 2. The van der Waals surface area contributed by atoms with Gasteiger partial charge in [0.15, 0.2) is 21.7 Å². The molecule has 2 aromatic rings. The van der Waals surface area contributed by atoms with Crippen LogP contribution in [-0.2, 0) is 6.54 Å². The number of pyridine rings is 1.